The van der Waals surface area contributed by atoms with Crippen molar-refractivity contribution >= 4 is 0 Å². The Morgan fingerprint density at radius 1 is 1.11 bits per heavy atom. The maximum absolute atomic E-state index is 11.0. The van der Waals surface area contributed by atoms with E-state index < -0.39 is 0 Å². The summed E-state index contributed by atoms with van der Waals surface area (Å²) < 4.78 is 5.58. The maximum atomic E-state index is 11.0. The van der Waals surface area contributed by atoms with Crippen LogP contribution in [0.4, 0.5) is 0 Å². The maximum Gasteiger partial charge on any atom is 0.137 e. The van der Waals surface area contributed by atoms with E-state index >= 15 is 0 Å². The van der Waals surface area contributed by atoms with Crippen molar-refractivity contribution < 1.29 is 14.6 Å². The summed E-state index contributed by atoms with van der Waals surface area (Å²) in [5.41, 5.74) is 4.79. The molecule has 0 radical (unpaired) electrons. The molecule has 0 saturated carbocycles. The molecule has 152 valence electrons. The number of aryl methyl sites for hydroxylation is 1. The zero-order valence-electron chi connectivity index (χ0n) is 17.7. The Balaban J connectivity index is 2.30. The van der Waals surface area contributed by atoms with Gasteiger partial charge in [-0.3, -0.25) is 0 Å². The van der Waals surface area contributed by atoms with Gasteiger partial charge in [0, 0.05) is 5.56 Å². The van der Waals surface area contributed by atoms with Crippen molar-refractivity contribution in [2.75, 3.05) is 0 Å². The van der Waals surface area contributed by atoms with Crippen LogP contribution in [0.15, 0.2) is 52.2 Å². The van der Waals surface area contributed by atoms with Gasteiger partial charge in [-0.15, -0.1) is 0 Å². The molecule has 0 aliphatic heterocycles. The van der Waals surface area contributed by atoms with E-state index in [1.165, 1.54) is 11.1 Å². The summed E-state index contributed by atoms with van der Waals surface area (Å²) >= 11 is 0. The summed E-state index contributed by atoms with van der Waals surface area (Å²) in [6.07, 6.45) is 12.5. The van der Waals surface area contributed by atoms with E-state index in [1.807, 2.05) is 12.1 Å². The third-order valence-electron chi connectivity index (χ3n) is 5.03. The summed E-state index contributed by atoms with van der Waals surface area (Å²) in [5, 5.41) is 21.6. The van der Waals surface area contributed by atoms with E-state index in [9.17, 15) is 10.2 Å². The highest BCUT2D eigenvalue weighted by Gasteiger charge is 2.19. The second kappa shape index (κ2) is 10.8. The molecule has 2 rings (SSSR count). The normalized spacial score (nSPS) is 11.6. The SMILES string of the molecule is CCCCCc1cc(O)c(C/C=C(\C)CCC=C(C)C)c(O)c1-c1ccco1. The first-order valence-electron chi connectivity index (χ1n) is 10.3. The number of benzene rings is 1. The van der Waals surface area contributed by atoms with Crippen LogP contribution in [0.2, 0.25) is 0 Å². The minimum Gasteiger partial charge on any atom is -0.508 e. The van der Waals surface area contributed by atoms with E-state index in [4.69, 9.17) is 4.42 Å². The Bertz CT molecular complexity index is 807. The molecule has 0 atom stereocenters. The molecule has 1 heterocycles. The van der Waals surface area contributed by atoms with Crippen molar-refractivity contribution in [1.82, 2.24) is 0 Å². The fraction of sp³-hybridized carbons (Fsp3) is 0.440. The van der Waals surface area contributed by atoms with Gasteiger partial charge in [0.15, 0.2) is 0 Å². The molecule has 28 heavy (non-hydrogen) atoms. The Morgan fingerprint density at radius 2 is 1.89 bits per heavy atom. The van der Waals surface area contributed by atoms with Crippen molar-refractivity contribution in [3.8, 4) is 22.8 Å². The van der Waals surface area contributed by atoms with Crippen LogP contribution >= 0.6 is 0 Å². The number of unbranched alkanes of at least 4 members (excludes halogenated alkanes) is 2. The quantitative estimate of drug-likeness (QED) is 0.334. The van der Waals surface area contributed by atoms with Gasteiger partial charge in [-0.2, -0.15) is 0 Å². The first kappa shape index (κ1) is 21.9. The fourth-order valence-electron chi connectivity index (χ4n) is 3.38. The third kappa shape index (κ3) is 6.05. The summed E-state index contributed by atoms with van der Waals surface area (Å²) in [6, 6.07) is 5.49. The van der Waals surface area contributed by atoms with Gasteiger partial charge in [0.1, 0.15) is 17.3 Å². The molecule has 3 heteroatoms. The average molecular weight is 383 g/mol. The van der Waals surface area contributed by atoms with Crippen LogP contribution in [0.25, 0.3) is 11.3 Å². The molecular formula is C25H34O3. The standard InChI is InChI=1S/C25H34O3/c1-5-6-7-12-20-17-22(26)21(15-14-19(4)11-8-10-18(2)3)25(27)24(20)23-13-9-16-28-23/h9-10,13-14,16-17,26-27H,5-8,11-12,15H2,1-4H3/b19-14+. The molecule has 0 aliphatic carbocycles. The number of aromatic hydroxyl groups is 2. The number of phenols is 2. The van der Waals surface area contributed by atoms with E-state index in [0.717, 1.165) is 44.1 Å². The van der Waals surface area contributed by atoms with Gasteiger partial charge >= 0.3 is 0 Å². The minimum atomic E-state index is 0.134. The summed E-state index contributed by atoms with van der Waals surface area (Å²) in [5.74, 6) is 0.942. The van der Waals surface area contributed by atoms with E-state index in [-0.39, 0.29) is 11.5 Å². The zero-order valence-corrected chi connectivity index (χ0v) is 17.7. The van der Waals surface area contributed by atoms with Crippen LogP contribution in [0.1, 0.15) is 70.9 Å². The summed E-state index contributed by atoms with van der Waals surface area (Å²) in [7, 11) is 0. The molecule has 0 amide bonds. The molecule has 0 spiro atoms. The van der Waals surface area contributed by atoms with Crippen molar-refractivity contribution in [3.05, 3.63) is 58.9 Å². The minimum absolute atomic E-state index is 0.134. The lowest BCUT2D eigenvalue weighted by Crippen LogP contribution is -1.96. The zero-order chi connectivity index (χ0) is 20.5. The molecular weight excluding hydrogens is 348 g/mol. The van der Waals surface area contributed by atoms with Gasteiger partial charge in [0.05, 0.1) is 11.8 Å². The van der Waals surface area contributed by atoms with Gasteiger partial charge in [0.25, 0.3) is 0 Å². The molecule has 0 bridgehead atoms. The van der Waals surface area contributed by atoms with Crippen LogP contribution in [-0.2, 0) is 12.8 Å². The molecule has 1 aromatic heterocycles. The Labute approximate surface area is 169 Å². The second-order valence-electron chi connectivity index (χ2n) is 7.77. The van der Waals surface area contributed by atoms with Gasteiger partial charge in [-0.05, 0) is 76.6 Å². The number of hydrogen-bond acceptors (Lipinski definition) is 3. The van der Waals surface area contributed by atoms with Crippen LogP contribution in [0, 0.1) is 0 Å². The predicted molar refractivity (Wildman–Crippen MR) is 117 cm³/mol. The lowest BCUT2D eigenvalue weighted by Gasteiger charge is -2.15. The Morgan fingerprint density at radius 3 is 2.54 bits per heavy atom. The third-order valence-corrected chi connectivity index (χ3v) is 5.03. The highest BCUT2D eigenvalue weighted by atomic mass is 16.3. The number of furan rings is 1. The van der Waals surface area contributed by atoms with Crippen LogP contribution in [0.3, 0.4) is 0 Å². The van der Waals surface area contributed by atoms with Gasteiger partial charge < -0.3 is 14.6 Å². The first-order chi connectivity index (χ1) is 13.4. The van der Waals surface area contributed by atoms with E-state index in [2.05, 4.69) is 39.8 Å². The lowest BCUT2D eigenvalue weighted by atomic mass is 9.93. The van der Waals surface area contributed by atoms with Crippen molar-refractivity contribution in [2.45, 2.75) is 72.6 Å². The van der Waals surface area contributed by atoms with Gasteiger partial charge in [0.2, 0.25) is 0 Å². The molecule has 0 fully saturated rings. The van der Waals surface area contributed by atoms with E-state index in [0.29, 0.717) is 23.3 Å². The first-order valence-corrected chi connectivity index (χ1v) is 10.3. The lowest BCUT2D eigenvalue weighted by molar-refractivity contribution is 0.439. The molecule has 0 unspecified atom stereocenters. The largest absolute Gasteiger partial charge is 0.508 e. The summed E-state index contributed by atoms with van der Waals surface area (Å²) in [6.45, 7) is 8.47. The van der Waals surface area contributed by atoms with Gasteiger partial charge in [-0.1, -0.05) is 43.1 Å². The van der Waals surface area contributed by atoms with Crippen LogP contribution in [-0.4, -0.2) is 10.2 Å². The van der Waals surface area contributed by atoms with Crippen molar-refractivity contribution in [1.29, 1.82) is 0 Å². The van der Waals surface area contributed by atoms with Crippen molar-refractivity contribution in [3.63, 3.8) is 0 Å². The van der Waals surface area contributed by atoms with Crippen LogP contribution in [0.5, 0.6) is 11.5 Å². The van der Waals surface area contributed by atoms with Gasteiger partial charge in [-0.25, -0.2) is 0 Å². The highest BCUT2D eigenvalue weighted by molar-refractivity contribution is 5.74. The molecule has 2 N–H and O–H groups in total. The number of phenolic OH excluding ortho intramolecular Hbond substituents is 2. The highest BCUT2D eigenvalue weighted by Crippen LogP contribution is 2.41. The monoisotopic (exact) mass is 382 g/mol. The number of rotatable bonds is 10. The second-order valence-corrected chi connectivity index (χ2v) is 7.77. The number of allylic oxidation sites excluding steroid dienone is 4. The smallest absolute Gasteiger partial charge is 0.137 e. The topological polar surface area (TPSA) is 53.6 Å². The molecule has 3 nitrogen and oxygen atoms in total. The van der Waals surface area contributed by atoms with E-state index in [1.54, 1.807) is 12.3 Å². The molecule has 2 aromatic rings. The van der Waals surface area contributed by atoms with Crippen molar-refractivity contribution in [2.24, 2.45) is 0 Å². The molecule has 0 aliphatic rings. The average Bonchev–Trinajstić information content (AvgIpc) is 3.15. The Kier molecular flexibility index (Phi) is 8.43. The molecule has 0 saturated heterocycles. The molecule has 1 aromatic carbocycles. The predicted octanol–water partition coefficient (Wildman–Crippen LogP) is 7.33. The van der Waals surface area contributed by atoms with Crippen LogP contribution < -0.4 is 0 Å². The number of hydrogen-bond donors (Lipinski definition) is 2. The summed E-state index contributed by atoms with van der Waals surface area (Å²) in [4.78, 5) is 0. The fourth-order valence-corrected chi connectivity index (χ4v) is 3.38. The Hall–Kier alpha value is -2.42.